The van der Waals surface area contributed by atoms with Gasteiger partial charge in [-0.25, -0.2) is 15.3 Å². The molecular formula is C33H34ClN3O6. The lowest BCUT2D eigenvalue weighted by Crippen LogP contribution is -2.33. The van der Waals surface area contributed by atoms with Crippen molar-refractivity contribution in [3.8, 4) is 28.1 Å². The van der Waals surface area contributed by atoms with Gasteiger partial charge >= 0.3 is 0 Å². The first-order chi connectivity index (χ1) is 21.2. The van der Waals surface area contributed by atoms with Crippen LogP contribution in [-0.4, -0.2) is 54.9 Å². The van der Waals surface area contributed by atoms with Gasteiger partial charge in [-0.3, -0.25) is 9.78 Å². The van der Waals surface area contributed by atoms with Crippen LogP contribution < -0.4 is 10.2 Å². The zero-order chi connectivity index (χ0) is 29.4. The summed E-state index contributed by atoms with van der Waals surface area (Å²) in [6, 6.07) is 17.6. The number of aromatic nitrogens is 2. The normalized spacial score (nSPS) is 18.8. The number of halogens is 1. The van der Waals surface area contributed by atoms with Gasteiger partial charge < -0.3 is 18.9 Å². The molecule has 1 N–H and O–H groups in total. The first kappa shape index (κ1) is 29.5. The van der Waals surface area contributed by atoms with Gasteiger partial charge in [0.2, 0.25) is 0 Å². The second-order valence-electron chi connectivity index (χ2n) is 10.5. The molecule has 6 rings (SSSR count). The molecule has 224 valence electrons. The Kier molecular flexibility index (Phi) is 9.76. The van der Waals surface area contributed by atoms with Gasteiger partial charge in [0.15, 0.2) is 12.6 Å². The van der Waals surface area contributed by atoms with Gasteiger partial charge in [0, 0.05) is 43.0 Å². The molecular weight excluding hydrogens is 570 g/mol. The number of rotatable bonds is 10. The quantitative estimate of drug-likeness (QED) is 0.157. The molecule has 4 aromatic rings. The molecule has 2 aromatic heterocycles. The molecule has 0 bridgehead atoms. The van der Waals surface area contributed by atoms with E-state index in [0.29, 0.717) is 42.8 Å². The molecule has 2 fully saturated rings. The molecule has 0 radical (unpaired) electrons. The third kappa shape index (κ3) is 7.31. The van der Waals surface area contributed by atoms with Crippen LogP contribution in [-0.2, 0) is 19.0 Å². The number of pyridine rings is 2. The summed E-state index contributed by atoms with van der Waals surface area (Å²) >= 11 is 6.84. The van der Waals surface area contributed by atoms with E-state index in [-0.39, 0.29) is 16.9 Å². The van der Waals surface area contributed by atoms with Crippen molar-refractivity contribution < 1.29 is 28.6 Å². The zero-order valence-electron chi connectivity index (χ0n) is 23.8. The standard InChI is InChI=1S/C33H34ClN3O6/c34-31-30(33(38)37-43-29-6-2-4-18-41-29)26-21-35-16-15-27(26)36-32(31)24-9-7-22(8-10-24)23-11-13-25(14-12-23)39-19-20-42-28-5-1-3-17-40-28/h7-16,21,28-29H,1-6,17-20H2,(H,37,38). The highest BCUT2D eigenvalue weighted by atomic mass is 35.5. The molecule has 1 amide bonds. The van der Waals surface area contributed by atoms with Crippen LogP contribution in [0.3, 0.4) is 0 Å². The van der Waals surface area contributed by atoms with Gasteiger partial charge in [0.25, 0.3) is 5.91 Å². The molecule has 2 aliphatic heterocycles. The average Bonchev–Trinajstić information content (AvgIpc) is 3.07. The summed E-state index contributed by atoms with van der Waals surface area (Å²) in [5.41, 5.74) is 6.71. The third-order valence-electron chi connectivity index (χ3n) is 7.51. The highest BCUT2D eigenvalue weighted by Gasteiger charge is 2.23. The van der Waals surface area contributed by atoms with Gasteiger partial charge in [-0.15, -0.1) is 0 Å². The molecule has 4 heterocycles. The summed E-state index contributed by atoms with van der Waals surface area (Å²) in [5.74, 6) is 0.300. The summed E-state index contributed by atoms with van der Waals surface area (Å²) in [6.45, 7) is 2.32. The highest BCUT2D eigenvalue weighted by molar-refractivity contribution is 6.37. The van der Waals surface area contributed by atoms with Gasteiger partial charge in [0.1, 0.15) is 12.4 Å². The number of benzene rings is 2. The number of nitrogens with zero attached hydrogens (tertiary/aromatic N) is 2. The Hall–Kier alpha value is -3.60. The number of fused-ring (bicyclic) bond motifs is 1. The van der Waals surface area contributed by atoms with Gasteiger partial charge in [0.05, 0.1) is 28.4 Å². The Balaban J connectivity index is 1.14. The van der Waals surface area contributed by atoms with Gasteiger partial charge in [-0.1, -0.05) is 48.0 Å². The Bertz CT molecular complexity index is 1520. The fourth-order valence-electron chi connectivity index (χ4n) is 5.22. The van der Waals surface area contributed by atoms with E-state index in [1.54, 1.807) is 18.5 Å². The fraction of sp³-hybridized carbons (Fsp3) is 0.364. The Morgan fingerprint density at radius 1 is 0.860 bits per heavy atom. The first-order valence-corrected chi connectivity index (χ1v) is 15.1. The summed E-state index contributed by atoms with van der Waals surface area (Å²) in [7, 11) is 0. The SMILES string of the molecule is O=C(NOC1CCCCO1)c1c(Cl)c(-c2ccc(-c3ccc(OCCOC4CCCCO4)cc3)cc2)nc2ccncc12. The van der Waals surface area contributed by atoms with Crippen LogP contribution in [0.15, 0.2) is 67.0 Å². The molecule has 9 nitrogen and oxygen atoms in total. The van der Waals surface area contributed by atoms with Crippen LogP contribution in [0.5, 0.6) is 5.75 Å². The Morgan fingerprint density at radius 2 is 1.53 bits per heavy atom. The van der Waals surface area contributed by atoms with Crippen molar-refractivity contribution in [3.63, 3.8) is 0 Å². The maximum atomic E-state index is 13.3. The van der Waals surface area contributed by atoms with Crippen LogP contribution in [0.1, 0.15) is 48.9 Å². The molecule has 2 unspecified atom stereocenters. The summed E-state index contributed by atoms with van der Waals surface area (Å²) in [5, 5.41) is 0.758. The van der Waals surface area contributed by atoms with Gasteiger partial charge in [-0.2, -0.15) is 0 Å². The van der Waals surface area contributed by atoms with Crippen molar-refractivity contribution in [3.05, 3.63) is 77.6 Å². The average molecular weight is 604 g/mol. The summed E-state index contributed by atoms with van der Waals surface area (Å²) < 4.78 is 22.7. The van der Waals surface area contributed by atoms with E-state index in [2.05, 4.69) is 10.5 Å². The van der Waals surface area contributed by atoms with E-state index in [1.807, 2.05) is 48.5 Å². The molecule has 2 atom stereocenters. The number of carbonyl (C=O) groups is 1. The number of amides is 1. The fourth-order valence-corrected chi connectivity index (χ4v) is 5.56. The smallest absolute Gasteiger partial charge is 0.277 e. The molecule has 43 heavy (non-hydrogen) atoms. The van der Waals surface area contributed by atoms with E-state index >= 15 is 0 Å². The van der Waals surface area contributed by atoms with E-state index < -0.39 is 12.2 Å². The van der Waals surface area contributed by atoms with E-state index in [0.717, 1.165) is 61.2 Å². The second kappa shape index (κ2) is 14.2. The van der Waals surface area contributed by atoms with Crippen LogP contribution in [0.4, 0.5) is 0 Å². The van der Waals surface area contributed by atoms with E-state index in [1.165, 1.54) is 0 Å². The second-order valence-corrected chi connectivity index (χ2v) is 10.9. The number of ether oxygens (including phenoxy) is 4. The Labute approximate surface area is 255 Å². The number of hydrogen-bond donors (Lipinski definition) is 1. The van der Waals surface area contributed by atoms with Crippen molar-refractivity contribution in [1.82, 2.24) is 15.4 Å². The largest absolute Gasteiger partial charge is 0.491 e. The predicted molar refractivity (Wildman–Crippen MR) is 163 cm³/mol. The lowest BCUT2D eigenvalue weighted by Gasteiger charge is -2.22. The van der Waals surface area contributed by atoms with Crippen molar-refractivity contribution in [2.24, 2.45) is 0 Å². The van der Waals surface area contributed by atoms with Crippen LogP contribution in [0.2, 0.25) is 5.02 Å². The molecule has 2 saturated heterocycles. The van der Waals surface area contributed by atoms with Crippen LogP contribution in [0.25, 0.3) is 33.3 Å². The number of hydrogen-bond acceptors (Lipinski definition) is 8. The third-order valence-corrected chi connectivity index (χ3v) is 7.88. The maximum Gasteiger partial charge on any atom is 0.277 e. The number of hydroxylamine groups is 1. The highest BCUT2D eigenvalue weighted by Crippen LogP contribution is 2.35. The summed E-state index contributed by atoms with van der Waals surface area (Å²) in [4.78, 5) is 27.7. The number of nitrogens with one attached hydrogen (secondary N) is 1. The maximum absolute atomic E-state index is 13.3. The zero-order valence-corrected chi connectivity index (χ0v) is 24.6. The van der Waals surface area contributed by atoms with Crippen molar-refractivity contribution >= 4 is 28.4 Å². The summed E-state index contributed by atoms with van der Waals surface area (Å²) in [6.07, 6.45) is 8.48. The molecule has 0 aliphatic carbocycles. The van der Waals surface area contributed by atoms with Gasteiger partial charge in [-0.05, 0) is 61.4 Å². The Morgan fingerprint density at radius 3 is 2.23 bits per heavy atom. The minimum atomic E-state index is -0.481. The molecule has 0 saturated carbocycles. The molecule has 0 spiro atoms. The van der Waals surface area contributed by atoms with Crippen molar-refractivity contribution in [2.75, 3.05) is 26.4 Å². The molecule has 2 aliphatic rings. The lowest BCUT2D eigenvalue weighted by atomic mass is 10.0. The van der Waals surface area contributed by atoms with Crippen molar-refractivity contribution in [2.45, 2.75) is 51.1 Å². The predicted octanol–water partition coefficient (Wildman–Crippen LogP) is 6.73. The van der Waals surface area contributed by atoms with Crippen LogP contribution >= 0.6 is 11.6 Å². The lowest BCUT2D eigenvalue weighted by molar-refractivity contribution is -0.186. The van der Waals surface area contributed by atoms with Crippen molar-refractivity contribution in [1.29, 1.82) is 0 Å². The first-order valence-electron chi connectivity index (χ1n) is 14.7. The van der Waals surface area contributed by atoms with Crippen LogP contribution in [0, 0.1) is 0 Å². The van der Waals surface area contributed by atoms with E-state index in [4.69, 9.17) is 40.4 Å². The number of carbonyl (C=O) groups excluding carboxylic acids is 1. The monoisotopic (exact) mass is 603 g/mol. The minimum absolute atomic E-state index is 0.113. The molecule has 2 aromatic carbocycles. The topological polar surface area (TPSA) is 101 Å². The molecule has 10 heteroatoms. The van der Waals surface area contributed by atoms with E-state index in [9.17, 15) is 4.79 Å². The minimum Gasteiger partial charge on any atom is -0.491 e.